The molecule has 0 aromatic heterocycles. The lowest BCUT2D eigenvalue weighted by Gasteiger charge is -2.14. The van der Waals surface area contributed by atoms with Crippen molar-refractivity contribution in [2.75, 3.05) is 5.73 Å². The van der Waals surface area contributed by atoms with Crippen LogP contribution in [0.5, 0.6) is 5.75 Å². The average Bonchev–Trinajstić information content (AvgIpc) is 2.07. The fourth-order valence-corrected chi connectivity index (χ4v) is 2.27. The fourth-order valence-electron chi connectivity index (χ4n) is 1.00. The molecule has 0 bridgehead atoms. The third kappa shape index (κ3) is 4.84. The van der Waals surface area contributed by atoms with Crippen LogP contribution in [0.25, 0.3) is 0 Å². The van der Waals surface area contributed by atoms with E-state index in [9.17, 15) is 26.3 Å². The smallest absolute Gasteiger partial charge is 0.406 e. The van der Waals surface area contributed by atoms with Gasteiger partial charge in [-0.1, -0.05) is 0 Å². The number of benzene rings is 1. The summed E-state index contributed by atoms with van der Waals surface area (Å²) < 4.78 is 75.5. The molecule has 0 aliphatic rings. The van der Waals surface area contributed by atoms with Gasteiger partial charge in [-0.05, 0) is 33.8 Å². The number of ether oxygens (including phenoxy) is 1. The molecule has 18 heavy (non-hydrogen) atoms. The summed E-state index contributed by atoms with van der Waals surface area (Å²) >= 11 is 2.18. The van der Waals surface area contributed by atoms with Crippen LogP contribution < -0.4 is 10.5 Å². The molecule has 0 amide bonds. The van der Waals surface area contributed by atoms with Crippen LogP contribution in [0, 0.1) is 0 Å². The van der Waals surface area contributed by atoms with Crippen LogP contribution >= 0.6 is 27.7 Å². The second-order valence-corrected chi connectivity index (χ2v) is 4.85. The Labute approximate surface area is 110 Å². The number of halogens is 7. The summed E-state index contributed by atoms with van der Waals surface area (Å²) in [7, 11) is 0. The summed E-state index contributed by atoms with van der Waals surface area (Å²) in [6, 6.07) is 1.43. The number of nitrogen functional groups attached to an aromatic ring is 1. The monoisotopic (exact) mass is 355 g/mol. The molecule has 0 saturated carbocycles. The Hall–Kier alpha value is -0.770. The molecular weight excluding hydrogens is 352 g/mol. The molecule has 2 nitrogen and oxygen atoms in total. The van der Waals surface area contributed by atoms with Gasteiger partial charge in [0.05, 0.1) is 10.6 Å². The zero-order chi connectivity index (χ0) is 14.1. The lowest BCUT2D eigenvalue weighted by molar-refractivity contribution is -0.274. The second kappa shape index (κ2) is 5.08. The average molecular weight is 356 g/mol. The first kappa shape index (κ1) is 15.3. The van der Waals surface area contributed by atoms with Crippen molar-refractivity contribution in [3.63, 3.8) is 0 Å². The van der Waals surface area contributed by atoms with Gasteiger partial charge in [0.2, 0.25) is 0 Å². The van der Waals surface area contributed by atoms with E-state index in [4.69, 9.17) is 5.73 Å². The molecule has 0 heterocycles. The Balaban J connectivity index is 3.05. The third-order valence-corrected chi connectivity index (χ3v) is 3.28. The molecule has 1 aromatic rings. The van der Waals surface area contributed by atoms with E-state index < -0.39 is 40.0 Å². The predicted molar refractivity (Wildman–Crippen MR) is 57.1 cm³/mol. The molecule has 0 fully saturated rings. The van der Waals surface area contributed by atoms with Crippen molar-refractivity contribution < 1.29 is 31.1 Å². The van der Waals surface area contributed by atoms with E-state index in [1.54, 1.807) is 0 Å². The molecular formula is C8H4BrF6NOS. The minimum atomic E-state index is -4.94. The van der Waals surface area contributed by atoms with Gasteiger partial charge in [0.15, 0.2) is 0 Å². The number of alkyl halides is 6. The van der Waals surface area contributed by atoms with Crippen LogP contribution in [0.1, 0.15) is 0 Å². The van der Waals surface area contributed by atoms with Gasteiger partial charge in [-0.25, -0.2) is 0 Å². The molecule has 0 saturated heterocycles. The van der Waals surface area contributed by atoms with Crippen molar-refractivity contribution in [1.29, 1.82) is 0 Å². The van der Waals surface area contributed by atoms with Gasteiger partial charge in [-0.15, -0.1) is 13.2 Å². The van der Waals surface area contributed by atoms with Crippen LogP contribution in [0.3, 0.4) is 0 Å². The maximum Gasteiger partial charge on any atom is 0.573 e. The van der Waals surface area contributed by atoms with E-state index in [1.807, 2.05) is 0 Å². The van der Waals surface area contributed by atoms with Crippen molar-refractivity contribution in [2.45, 2.75) is 16.8 Å². The number of rotatable bonds is 2. The predicted octanol–water partition coefficient (Wildman–Crippen LogP) is 4.54. The lowest BCUT2D eigenvalue weighted by Crippen LogP contribution is -2.17. The molecule has 0 spiro atoms. The van der Waals surface area contributed by atoms with Gasteiger partial charge in [0, 0.05) is 10.5 Å². The van der Waals surface area contributed by atoms with Crippen LogP contribution in [-0.2, 0) is 0 Å². The Kier molecular flexibility index (Phi) is 4.31. The SMILES string of the molecule is Nc1cc(OC(F)(F)F)cc(Br)c1SC(F)(F)F. The highest BCUT2D eigenvalue weighted by Gasteiger charge is 2.34. The van der Waals surface area contributed by atoms with Crippen LogP contribution in [0.2, 0.25) is 0 Å². The van der Waals surface area contributed by atoms with Gasteiger partial charge >= 0.3 is 11.9 Å². The number of hydrogen-bond donors (Lipinski definition) is 1. The highest BCUT2D eigenvalue weighted by atomic mass is 79.9. The van der Waals surface area contributed by atoms with Crippen LogP contribution in [0.15, 0.2) is 21.5 Å². The molecule has 0 atom stereocenters. The summed E-state index contributed by atoms with van der Waals surface area (Å²) in [4.78, 5) is -0.419. The maximum absolute atomic E-state index is 12.1. The van der Waals surface area contributed by atoms with Gasteiger partial charge in [0.25, 0.3) is 0 Å². The molecule has 0 aliphatic carbocycles. The van der Waals surface area contributed by atoms with Gasteiger partial charge in [-0.2, -0.15) is 13.2 Å². The highest BCUT2D eigenvalue weighted by Crippen LogP contribution is 2.45. The molecule has 102 valence electrons. The summed E-state index contributed by atoms with van der Waals surface area (Å²) in [6.07, 6.45) is -4.94. The Morgan fingerprint density at radius 1 is 1.11 bits per heavy atom. The second-order valence-electron chi connectivity index (χ2n) is 2.92. The lowest BCUT2D eigenvalue weighted by atomic mass is 10.3. The standard InChI is InChI=1S/C8H4BrF6NOS/c9-4-1-3(17-7(10,11)12)2-5(16)6(4)18-8(13,14)15/h1-2H,16H2. The van der Waals surface area contributed by atoms with Gasteiger partial charge in [0.1, 0.15) is 5.75 Å². The first-order chi connectivity index (χ1) is 7.98. The largest absolute Gasteiger partial charge is 0.573 e. The van der Waals surface area contributed by atoms with Crippen molar-refractivity contribution in [2.24, 2.45) is 0 Å². The number of anilines is 1. The normalized spacial score (nSPS) is 12.6. The molecule has 0 unspecified atom stereocenters. The molecule has 1 aromatic carbocycles. The molecule has 10 heteroatoms. The van der Waals surface area contributed by atoms with Gasteiger partial charge in [-0.3, -0.25) is 0 Å². The van der Waals surface area contributed by atoms with E-state index in [2.05, 4.69) is 20.7 Å². The minimum Gasteiger partial charge on any atom is -0.406 e. The van der Waals surface area contributed by atoms with E-state index in [0.717, 1.165) is 6.07 Å². The molecule has 0 aliphatic heterocycles. The van der Waals surface area contributed by atoms with E-state index >= 15 is 0 Å². The number of nitrogens with two attached hydrogens (primary N) is 1. The van der Waals surface area contributed by atoms with Crippen molar-refractivity contribution in [3.8, 4) is 5.75 Å². The van der Waals surface area contributed by atoms with Crippen molar-refractivity contribution in [1.82, 2.24) is 0 Å². The van der Waals surface area contributed by atoms with Crippen molar-refractivity contribution >= 4 is 33.4 Å². The number of thioether (sulfide) groups is 1. The quantitative estimate of drug-likeness (QED) is 0.480. The first-order valence-corrected chi connectivity index (χ1v) is 5.69. The molecule has 2 N–H and O–H groups in total. The Bertz CT molecular complexity index is 423. The van der Waals surface area contributed by atoms with E-state index in [0.29, 0.717) is 6.07 Å². The minimum absolute atomic E-state index is 0.232. The summed E-state index contributed by atoms with van der Waals surface area (Å²) in [5, 5.41) is 0. The third-order valence-electron chi connectivity index (χ3n) is 1.50. The Morgan fingerprint density at radius 2 is 1.67 bits per heavy atom. The van der Waals surface area contributed by atoms with Crippen LogP contribution in [0.4, 0.5) is 32.0 Å². The summed E-state index contributed by atoms with van der Waals surface area (Å²) in [5.74, 6) is -0.696. The summed E-state index contributed by atoms with van der Waals surface area (Å²) in [5.41, 5.74) is 0.189. The maximum atomic E-state index is 12.1. The zero-order valence-electron chi connectivity index (χ0n) is 8.19. The summed E-state index contributed by atoms with van der Waals surface area (Å²) in [6.45, 7) is 0. The van der Waals surface area contributed by atoms with Crippen LogP contribution in [-0.4, -0.2) is 11.9 Å². The zero-order valence-corrected chi connectivity index (χ0v) is 10.6. The Morgan fingerprint density at radius 3 is 2.06 bits per heavy atom. The molecule has 0 radical (unpaired) electrons. The fraction of sp³-hybridized carbons (Fsp3) is 0.250. The van der Waals surface area contributed by atoms with E-state index in [1.165, 1.54) is 0 Å². The van der Waals surface area contributed by atoms with Gasteiger partial charge < -0.3 is 10.5 Å². The highest BCUT2D eigenvalue weighted by molar-refractivity contribution is 9.10. The molecule has 1 rings (SSSR count). The van der Waals surface area contributed by atoms with E-state index in [-0.39, 0.29) is 4.47 Å². The number of hydrogen-bond acceptors (Lipinski definition) is 3. The topological polar surface area (TPSA) is 35.2 Å². The first-order valence-electron chi connectivity index (χ1n) is 4.08. The van der Waals surface area contributed by atoms with Crippen molar-refractivity contribution in [3.05, 3.63) is 16.6 Å².